The van der Waals surface area contributed by atoms with Gasteiger partial charge >= 0.3 is 20.8 Å². The average Bonchev–Trinajstić information content (AvgIpc) is 2.97. The fraction of sp³-hybridized carbons (Fsp3) is 1.00. The third-order valence-corrected chi connectivity index (χ3v) is 10.9. The molecule has 0 spiro atoms. The van der Waals surface area contributed by atoms with Crippen LogP contribution < -0.4 is 0 Å². The van der Waals surface area contributed by atoms with Crippen molar-refractivity contribution in [3.8, 4) is 0 Å². The van der Waals surface area contributed by atoms with Gasteiger partial charge in [0.1, 0.15) is 0 Å². The number of hydrogen-bond acceptors (Lipinski definition) is 6. The van der Waals surface area contributed by atoms with Gasteiger partial charge in [-0.15, -0.1) is 0 Å². The molecule has 0 heterocycles. The summed E-state index contributed by atoms with van der Waals surface area (Å²) in [5.74, 6) is 2.13. The molecule has 0 aromatic heterocycles. The highest BCUT2D eigenvalue weighted by Gasteiger charge is 2.61. The Hall–Kier alpha value is -0.260. The van der Waals surface area contributed by atoms with Crippen molar-refractivity contribution in [3.05, 3.63) is 0 Å². The molecule has 4 rings (SSSR count). The zero-order valence-electron chi connectivity index (χ0n) is 18.6. The second-order valence-electron chi connectivity index (χ2n) is 11.0. The summed E-state index contributed by atoms with van der Waals surface area (Å²) in [7, 11) is -8.89. The van der Waals surface area contributed by atoms with Crippen LogP contribution in [0.1, 0.15) is 78.6 Å². The van der Waals surface area contributed by atoms with Gasteiger partial charge in [-0.25, -0.2) is 8.37 Å². The molecule has 0 aromatic rings. The van der Waals surface area contributed by atoms with Gasteiger partial charge in [-0.2, -0.15) is 16.8 Å². The van der Waals surface area contributed by atoms with Gasteiger partial charge in [-0.3, -0.25) is 9.11 Å². The van der Waals surface area contributed by atoms with Crippen LogP contribution in [0.5, 0.6) is 0 Å². The standard InChI is InChI=1S/C21H36O8S2/c1-13(28-30(22,23)24)17-6-7-18-16-5-4-14-12-15(29-31(25,26)27)8-10-20(14,2)19(16)9-11-21(17,18)3/h13-19H,4-12H2,1-3H3,(H,22,23,24)(H,25,26,27)/t13?,14-,15+,16-,17+,18-,19-,20-,21+/m0/s1. The highest BCUT2D eigenvalue weighted by Crippen LogP contribution is 2.68. The Balaban J connectivity index is 1.50. The van der Waals surface area contributed by atoms with E-state index in [1.807, 2.05) is 0 Å². The molecule has 4 aliphatic carbocycles. The molecule has 0 aromatic carbocycles. The smallest absolute Gasteiger partial charge is 0.264 e. The lowest BCUT2D eigenvalue weighted by Gasteiger charge is -2.61. The van der Waals surface area contributed by atoms with Crippen LogP contribution in [0.15, 0.2) is 0 Å². The molecule has 0 aliphatic heterocycles. The number of fused-ring (bicyclic) bond motifs is 5. The van der Waals surface area contributed by atoms with Crippen molar-refractivity contribution in [2.75, 3.05) is 0 Å². The molecule has 4 saturated carbocycles. The van der Waals surface area contributed by atoms with Crippen molar-refractivity contribution in [2.24, 2.45) is 40.4 Å². The highest BCUT2D eigenvalue weighted by molar-refractivity contribution is 7.81. The quantitative estimate of drug-likeness (QED) is 0.564. The van der Waals surface area contributed by atoms with Gasteiger partial charge in [-0.1, -0.05) is 13.8 Å². The van der Waals surface area contributed by atoms with Crippen LogP contribution >= 0.6 is 0 Å². The van der Waals surface area contributed by atoms with E-state index in [1.54, 1.807) is 6.92 Å². The molecule has 2 N–H and O–H groups in total. The Bertz CT molecular complexity index is 902. The summed E-state index contributed by atoms with van der Waals surface area (Å²) in [4.78, 5) is 0. The summed E-state index contributed by atoms with van der Waals surface area (Å²) < 4.78 is 73.0. The predicted octanol–water partition coefficient (Wildman–Crippen LogP) is 4.04. The molecule has 1 unspecified atom stereocenters. The van der Waals surface area contributed by atoms with E-state index in [-0.39, 0.29) is 16.7 Å². The van der Waals surface area contributed by atoms with Crippen molar-refractivity contribution < 1.29 is 34.3 Å². The molecule has 8 nitrogen and oxygen atoms in total. The third kappa shape index (κ3) is 4.45. The topological polar surface area (TPSA) is 127 Å². The summed E-state index contributed by atoms with van der Waals surface area (Å²) in [5.41, 5.74) is 0.137. The SMILES string of the molecule is CC(OS(=O)(=O)O)[C@H]1CC[C@H]2[C@@H]3CC[C@H]4C[C@H](OS(=O)(=O)O)CC[C@]4(C)[C@H]3CC[C@]12C. The molecule has 0 radical (unpaired) electrons. The summed E-state index contributed by atoms with van der Waals surface area (Å²) in [6, 6.07) is 0. The molecule has 0 bridgehead atoms. The van der Waals surface area contributed by atoms with Gasteiger partial charge in [0.2, 0.25) is 0 Å². The van der Waals surface area contributed by atoms with Crippen LogP contribution in [-0.2, 0) is 29.2 Å². The molecule has 9 atom stereocenters. The lowest BCUT2D eigenvalue weighted by molar-refractivity contribution is -0.129. The Kier molecular flexibility index (Phi) is 6.09. The Morgan fingerprint density at radius 3 is 2.13 bits per heavy atom. The predicted molar refractivity (Wildman–Crippen MR) is 114 cm³/mol. The molecular formula is C21H36O8S2. The molecule has 180 valence electrons. The van der Waals surface area contributed by atoms with Crippen molar-refractivity contribution in [1.82, 2.24) is 0 Å². The van der Waals surface area contributed by atoms with Gasteiger partial charge < -0.3 is 0 Å². The first-order valence-electron chi connectivity index (χ1n) is 11.5. The van der Waals surface area contributed by atoms with Crippen LogP contribution in [0.3, 0.4) is 0 Å². The lowest BCUT2D eigenvalue weighted by Crippen LogP contribution is -2.54. The maximum Gasteiger partial charge on any atom is 0.397 e. The summed E-state index contributed by atoms with van der Waals surface area (Å²) in [5, 5.41) is 0. The first kappa shape index (κ1) is 23.9. The van der Waals surface area contributed by atoms with E-state index in [9.17, 15) is 16.8 Å². The van der Waals surface area contributed by atoms with E-state index in [2.05, 4.69) is 13.8 Å². The average molecular weight is 481 g/mol. The maximum atomic E-state index is 11.3. The second-order valence-corrected chi connectivity index (χ2v) is 13.1. The molecule has 4 aliphatic rings. The first-order chi connectivity index (χ1) is 14.2. The second kappa shape index (κ2) is 7.91. The number of hydrogen-bond donors (Lipinski definition) is 2. The Labute approximate surface area is 186 Å². The minimum Gasteiger partial charge on any atom is -0.264 e. The number of rotatable bonds is 5. The van der Waals surface area contributed by atoms with E-state index in [1.165, 1.54) is 0 Å². The Morgan fingerprint density at radius 2 is 1.48 bits per heavy atom. The van der Waals surface area contributed by atoms with Crippen LogP contribution in [0.25, 0.3) is 0 Å². The van der Waals surface area contributed by atoms with Gasteiger partial charge in [0.25, 0.3) is 0 Å². The lowest BCUT2D eigenvalue weighted by atomic mass is 9.44. The van der Waals surface area contributed by atoms with E-state index >= 15 is 0 Å². The highest BCUT2D eigenvalue weighted by atomic mass is 32.3. The van der Waals surface area contributed by atoms with Gasteiger partial charge in [0.15, 0.2) is 0 Å². The summed E-state index contributed by atoms with van der Waals surface area (Å²) in [6.45, 7) is 6.39. The van der Waals surface area contributed by atoms with E-state index < -0.39 is 33.0 Å². The fourth-order valence-corrected chi connectivity index (χ4v) is 9.59. The monoisotopic (exact) mass is 480 g/mol. The van der Waals surface area contributed by atoms with Crippen molar-refractivity contribution >= 4 is 20.8 Å². The summed E-state index contributed by atoms with van der Waals surface area (Å²) in [6.07, 6.45) is 7.38. The molecule has 10 heteroatoms. The fourth-order valence-electron chi connectivity index (χ4n) is 8.55. The zero-order valence-corrected chi connectivity index (χ0v) is 20.2. The van der Waals surface area contributed by atoms with Crippen LogP contribution in [-0.4, -0.2) is 38.1 Å². The van der Waals surface area contributed by atoms with Crippen LogP contribution in [0.2, 0.25) is 0 Å². The molecule has 0 saturated heterocycles. The molecule has 4 fully saturated rings. The molecule has 31 heavy (non-hydrogen) atoms. The van der Waals surface area contributed by atoms with Gasteiger partial charge in [-0.05, 0) is 105 Å². The van der Waals surface area contributed by atoms with E-state index in [4.69, 9.17) is 17.5 Å². The van der Waals surface area contributed by atoms with Gasteiger partial charge in [0, 0.05) is 0 Å². The molecule has 0 amide bonds. The normalized spacial score (nSPS) is 46.6. The minimum absolute atomic E-state index is 0.000248. The van der Waals surface area contributed by atoms with Crippen LogP contribution in [0, 0.1) is 40.4 Å². The van der Waals surface area contributed by atoms with Crippen LogP contribution in [0.4, 0.5) is 0 Å². The van der Waals surface area contributed by atoms with E-state index in [0.29, 0.717) is 36.5 Å². The zero-order chi connectivity index (χ0) is 22.8. The largest absolute Gasteiger partial charge is 0.397 e. The summed E-state index contributed by atoms with van der Waals surface area (Å²) >= 11 is 0. The molecular weight excluding hydrogens is 444 g/mol. The van der Waals surface area contributed by atoms with Gasteiger partial charge in [0.05, 0.1) is 12.2 Å². The first-order valence-corrected chi connectivity index (χ1v) is 14.3. The van der Waals surface area contributed by atoms with Crippen molar-refractivity contribution in [1.29, 1.82) is 0 Å². The third-order valence-electron chi connectivity index (χ3n) is 9.79. The Morgan fingerprint density at radius 1 is 0.839 bits per heavy atom. The van der Waals surface area contributed by atoms with Crippen molar-refractivity contribution in [2.45, 2.75) is 90.8 Å². The minimum atomic E-state index is -4.47. The van der Waals surface area contributed by atoms with Crippen molar-refractivity contribution in [3.63, 3.8) is 0 Å². The maximum absolute atomic E-state index is 11.3. The van der Waals surface area contributed by atoms with E-state index in [0.717, 1.165) is 44.9 Å².